The Morgan fingerprint density at radius 1 is 1.31 bits per heavy atom. The summed E-state index contributed by atoms with van der Waals surface area (Å²) in [5.41, 5.74) is 1.59. The van der Waals surface area contributed by atoms with Gasteiger partial charge in [0.05, 0.1) is 5.56 Å². The third kappa shape index (κ3) is 3.85. The Kier molecular flexibility index (Phi) is 5.93. The highest BCUT2D eigenvalue weighted by Gasteiger charge is 2.08. The van der Waals surface area contributed by atoms with Gasteiger partial charge in [-0.1, -0.05) is 35.0 Å². The lowest BCUT2D eigenvalue weighted by atomic mass is 10.1. The number of carbonyl (C=O) groups is 1. The molecule has 1 aromatic carbocycles. The van der Waals surface area contributed by atoms with Crippen molar-refractivity contribution in [3.8, 4) is 0 Å². The molecule has 0 aliphatic rings. The lowest BCUT2D eigenvalue weighted by molar-refractivity contribution is 0.0954. The first-order chi connectivity index (χ1) is 7.79. The highest BCUT2D eigenvalue weighted by molar-refractivity contribution is 9.09. The molecule has 0 saturated heterocycles. The molecule has 0 aromatic heterocycles. The number of amides is 1. The molecule has 0 atom stereocenters. The predicted octanol–water partition coefficient (Wildman–Crippen LogP) is 2.63. The lowest BCUT2D eigenvalue weighted by Crippen LogP contribution is -2.25. The van der Waals surface area contributed by atoms with Crippen LogP contribution in [0.4, 0.5) is 5.69 Å². The topological polar surface area (TPSA) is 41.1 Å². The van der Waals surface area contributed by atoms with E-state index in [-0.39, 0.29) is 5.91 Å². The molecule has 16 heavy (non-hydrogen) atoms. The number of halogens is 1. The summed E-state index contributed by atoms with van der Waals surface area (Å²) in [6.07, 6.45) is 0.947. The minimum Gasteiger partial charge on any atom is -0.384 e. The average molecular weight is 285 g/mol. The van der Waals surface area contributed by atoms with E-state index in [0.29, 0.717) is 12.1 Å². The van der Waals surface area contributed by atoms with Crippen molar-refractivity contribution < 1.29 is 4.79 Å². The minimum absolute atomic E-state index is 0.0143. The van der Waals surface area contributed by atoms with Gasteiger partial charge in [-0.25, -0.2) is 0 Å². The van der Waals surface area contributed by atoms with E-state index in [4.69, 9.17) is 0 Å². The Hall–Kier alpha value is -1.03. The van der Waals surface area contributed by atoms with E-state index >= 15 is 0 Å². The van der Waals surface area contributed by atoms with Crippen LogP contribution in [-0.2, 0) is 0 Å². The van der Waals surface area contributed by atoms with Crippen LogP contribution in [0.3, 0.4) is 0 Å². The van der Waals surface area contributed by atoms with Gasteiger partial charge < -0.3 is 10.6 Å². The van der Waals surface area contributed by atoms with Gasteiger partial charge in [0.25, 0.3) is 5.91 Å². The van der Waals surface area contributed by atoms with Gasteiger partial charge in [-0.15, -0.1) is 0 Å². The number of hydrogen-bond donors (Lipinski definition) is 2. The molecule has 0 saturated carbocycles. The van der Waals surface area contributed by atoms with Crippen LogP contribution in [0.25, 0.3) is 0 Å². The van der Waals surface area contributed by atoms with Gasteiger partial charge in [0, 0.05) is 24.1 Å². The van der Waals surface area contributed by atoms with Crippen LogP contribution in [0, 0.1) is 0 Å². The standard InChI is InChI=1S/C12H17BrN2O/c1-2-8-15-12(16)10-5-3-4-6-11(10)14-9-7-13/h3-6,14H,2,7-9H2,1H3,(H,15,16). The van der Waals surface area contributed by atoms with E-state index < -0.39 is 0 Å². The van der Waals surface area contributed by atoms with Crippen molar-refractivity contribution in [1.29, 1.82) is 0 Å². The zero-order chi connectivity index (χ0) is 11.8. The Labute approximate surface area is 105 Å². The molecule has 1 amide bonds. The van der Waals surface area contributed by atoms with Crippen molar-refractivity contribution in [2.24, 2.45) is 0 Å². The molecule has 0 aliphatic heterocycles. The van der Waals surface area contributed by atoms with Crippen molar-refractivity contribution in [3.63, 3.8) is 0 Å². The summed E-state index contributed by atoms with van der Waals surface area (Å²) in [5, 5.41) is 6.95. The first kappa shape index (κ1) is 13.0. The highest BCUT2D eigenvalue weighted by Crippen LogP contribution is 2.14. The summed E-state index contributed by atoms with van der Waals surface area (Å²) >= 11 is 3.35. The van der Waals surface area contributed by atoms with E-state index in [1.165, 1.54) is 0 Å². The zero-order valence-electron chi connectivity index (χ0n) is 9.42. The van der Waals surface area contributed by atoms with Crippen LogP contribution in [-0.4, -0.2) is 24.3 Å². The third-order valence-electron chi connectivity index (χ3n) is 2.12. The normalized spacial score (nSPS) is 9.88. The SMILES string of the molecule is CCCNC(=O)c1ccccc1NCCBr. The maximum atomic E-state index is 11.8. The first-order valence-electron chi connectivity index (χ1n) is 5.46. The number of nitrogens with one attached hydrogen (secondary N) is 2. The smallest absolute Gasteiger partial charge is 0.253 e. The van der Waals surface area contributed by atoms with Crippen molar-refractivity contribution in [2.75, 3.05) is 23.7 Å². The second-order valence-electron chi connectivity index (χ2n) is 3.42. The fourth-order valence-corrected chi connectivity index (χ4v) is 1.55. The van der Waals surface area contributed by atoms with Gasteiger partial charge in [0.1, 0.15) is 0 Å². The van der Waals surface area contributed by atoms with E-state index in [1.807, 2.05) is 31.2 Å². The molecule has 0 bridgehead atoms. The molecule has 0 unspecified atom stereocenters. The summed E-state index contributed by atoms with van der Waals surface area (Å²) in [6.45, 7) is 3.55. The fourth-order valence-electron chi connectivity index (χ4n) is 1.35. The van der Waals surface area contributed by atoms with Crippen LogP contribution < -0.4 is 10.6 Å². The van der Waals surface area contributed by atoms with Crippen LogP contribution in [0.5, 0.6) is 0 Å². The number of carbonyl (C=O) groups excluding carboxylic acids is 1. The molecule has 88 valence electrons. The molecule has 4 heteroatoms. The van der Waals surface area contributed by atoms with Crippen molar-refractivity contribution in [1.82, 2.24) is 5.32 Å². The predicted molar refractivity (Wildman–Crippen MR) is 71.3 cm³/mol. The van der Waals surface area contributed by atoms with Gasteiger partial charge in [0.2, 0.25) is 0 Å². The van der Waals surface area contributed by atoms with E-state index in [0.717, 1.165) is 24.0 Å². The average Bonchev–Trinajstić information content (AvgIpc) is 2.33. The lowest BCUT2D eigenvalue weighted by Gasteiger charge is -2.10. The van der Waals surface area contributed by atoms with Crippen molar-refractivity contribution in [2.45, 2.75) is 13.3 Å². The monoisotopic (exact) mass is 284 g/mol. The summed E-state index contributed by atoms with van der Waals surface area (Å²) in [5.74, 6) is -0.0143. The van der Waals surface area contributed by atoms with Crippen molar-refractivity contribution >= 4 is 27.5 Å². The summed E-state index contributed by atoms with van der Waals surface area (Å²) in [4.78, 5) is 11.8. The number of hydrogen-bond acceptors (Lipinski definition) is 2. The maximum Gasteiger partial charge on any atom is 0.253 e. The van der Waals surface area contributed by atoms with Gasteiger partial charge in [0.15, 0.2) is 0 Å². The van der Waals surface area contributed by atoms with E-state index in [1.54, 1.807) is 0 Å². The molecule has 0 fully saturated rings. The first-order valence-corrected chi connectivity index (χ1v) is 6.58. The Morgan fingerprint density at radius 2 is 2.06 bits per heavy atom. The van der Waals surface area contributed by atoms with Crippen LogP contribution in [0.15, 0.2) is 24.3 Å². The molecule has 2 N–H and O–H groups in total. The largest absolute Gasteiger partial charge is 0.384 e. The number of anilines is 1. The molecule has 3 nitrogen and oxygen atoms in total. The Bertz CT molecular complexity index is 342. The fraction of sp³-hybridized carbons (Fsp3) is 0.417. The van der Waals surface area contributed by atoms with Crippen LogP contribution in [0.2, 0.25) is 0 Å². The molecule has 0 aliphatic carbocycles. The van der Waals surface area contributed by atoms with Crippen LogP contribution in [0.1, 0.15) is 23.7 Å². The molecule has 0 radical (unpaired) electrons. The molecule has 0 spiro atoms. The summed E-state index contributed by atoms with van der Waals surface area (Å²) < 4.78 is 0. The Morgan fingerprint density at radius 3 is 2.75 bits per heavy atom. The molecule has 0 heterocycles. The van der Waals surface area contributed by atoms with E-state index in [2.05, 4.69) is 26.6 Å². The number of rotatable bonds is 6. The quantitative estimate of drug-likeness (QED) is 0.789. The second-order valence-corrected chi connectivity index (χ2v) is 4.21. The number of alkyl halides is 1. The van der Waals surface area contributed by atoms with Gasteiger partial charge in [-0.3, -0.25) is 4.79 Å². The zero-order valence-corrected chi connectivity index (χ0v) is 11.0. The van der Waals surface area contributed by atoms with Crippen molar-refractivity contribution in [3.05, 3.63) is 29.8 Å². The summed E-state index contributed by atoms with van der Waals surface area (Å²) in [7, 11) is 0. The molecule has 1 aromatic rings. The maximum absolute atomic E-state index is 11.8. The summed E-state index contributed by atoms with van der Waals surface area (Å²) in [6, 6.07) is 7.55. The number of para-hydroxylation sites is 1. The highest BCUT2D eigenvalue weighted by atomic mass is 79.9. The van der Waals surface area contributed by atoms with Crippen LogP contribution >= 0.6 is 15.9 Å². The molecule has 1 rings (SSSR count). The molecular formula is C12H17BrN2O. The van der Waals surface area contributed by atoms with E-state index in [9.17, 15) is 4.79 Å². The van der Waals surface area contributed by atoms with Gasteiger partial charge >= 0.3 is 0 Å². The second kappa shape index (κ2) is 7.28. The minimum atomic E-state index is -0.0143. The number of benzene rings is 1. The molecular weight excluding hydrogens is 268 g/mol. The Balaban J connectivity index is 2.73. The third-order valence-corrected chi connectivity index (χ3v) is 2.51. The van der Waals surface area contributed by atoms with Gasteiger partial charge in [-0.05, 0) is 18.6 Å². The van der Waals surface area contributed by atoms with Gasteiger partial charge in [-0.2, -0.15) is 0 Å².